The van der Waals surface area contributed by atoms with Crippen molar-refractivity contribution in [3.05, 3.63) is 30.1 Å². The van der Waals surface area contributed by atoms with Crippen molar-refractivity contribution < 1.29 is 4.39 Å². The van der Waals surface area contributed by atoms with Gasteiger partial charge in [-0.15, -0.1) is 0 Å². The highest BCUT2D eigenvalue weighted by atomic mass is 19.1. The van der Waals surface area contributed by atoms with E-state index >= 15 is 0 Å². The molecule has 16 heavy (non-hydrogen) atoms. The zero-order chi connectivity index (χ0) is 12.0. The Hall–Kier alpha value is -1.60. The van der Waals surface area contributed by atoms with Gasteiger partial charge in [0.05, 0.1) is 17.8 Å². The molecule has 0 spiro atoms. The molecular weight excluding hydrogens is 205 g/mol. The first-order chi connectivity index (χ1) is 7.69. The maximum absolute atomic E-state index is 13.4. The summed E-state index contributed by atoms with van der Waals surface area (Å²) in [6, 6.07) is 8.59. The third-order valence-electron chi connectivity index (χ3n) is 2.52. The lowest BCUT2D eigenvalue weighted by molar-refractivity contribution is 0.600. The number of anilines is 1. The molecule has 0 aliphatic rings. The highest BCUT2D eigenvalue weighted by Gasteiger charge is 2.09. The van der Waals surface area contributed by atoms with Crippen LogP contribution in [0.25, 0.3) is 0 Å². The summed E-state index contributed by atoms with van der Waals surface area (Å²) in [6.07, 6.45) is 0.665. The lowest BCUT2D eigenvalue weighted by Crippen LogP contribution is -2.29. The maximum Gasteiger partial charge on any atom is 0.146 e. The van der Waals surface area contributed by atoms with Crippen molar-refractivity contribution in [2.24, 2.45) is 0 Å². The number of para-hydroxylation sites is 1. The molecule has 0 aliphatic heterocycles. The molecule has 1 rings (SSSR count). The molecule has 0 heterocycles. The first-order valence-electron chi connectivity index (χ1n) is 5.21. The second-order valence-corrected chi connectivity index (χ2v) is 3.63. The van der Waals surface area contributed by atoms with Gasteiger partial charge in [0, 0.05) is 13.6 Å². The van der Waals surface area contributed by atoms with E-state index in [2.05, 4.69) is 11.4 Å². The highest BCUT2D eigenvalue weighted by Crippen LogP contribution is 2.17. The molecule has 0 fully saturated rings. The molecule has 1 atom stereocenters. The van der Waals surface area contributed by atoms with Gasteiger partial charge in [0.1, 0.15) is 5.82 Å². The van der Waals surface area contributed by atoms with Gasteiger partial charge < -0.3 is 10.2 Å². The largest absolute Gasteiger partial charge is 0.372 e. The molecule has 1 N–H and O–H groups in total. The fourth-order valence-corrected chi connectivity index (χ4v) is 1.48. The van der Waals surface area contributed by atoms with E-state index in [4.69, 9.17) is 5.26 Å². The minimum Gasteiger partial charge on any atom is -0.372 e. The zero-order valence-corrected chi connectivity index (χ0v) is 9.57. The van der Waals surface area contributed by atoms with E-state index in [1.54, 1.807) is 25.2 Å². The molecular formula is C12H16FN3. The molecule has 0 aromatic heterocycles. The topological polar surface area (TPSA) is 39.1 Å². The van der Waals surface area contributed by atoms with E-state index in [0.717, 1.165) is 0 Å². The molecule has 0 bridgehead atoms. The van der Waals surface area contributed by atoms with Crippen LogP contribution in [-0.2, 0) is 0 Å². The Morgan fingerprint density at radius 2 is 2.19 bits per heavy atom. The minimum absolute atomic E-state index is 0.186. The summed E-state index contributed by atoms with van der Waals surface area (Å²) in [6.45, 7) is 0.639. The Morgan fingerprint density at radius 3 is 2.75 bits per heavy atom. The highest BCUT2D eigenvalue weighted by molar-refractivity contribution is 5.46. The Bertz CT molecular complexity index is 373. The predicted octanol–water partition coefficient (Wildman–Crippen LogP) is 1.76. The van der Waals surface area contributed by atoms with Crippen LogP contribution >= 0.6 is 0 Å². The summed E-state index contributed by atoms with van der Waals surface area (Å²) < 4.78 is 13.4. The Balaban J connectivity index is 2.57. The Kier molecular flexibility index (Phi) is 4.74. The van der Waals surface area contributed by atoms with Gasteiger partial charge in [-0.05, 0) is 25.6 Å². The van der Waals surface area contributed by atoms with Gasteiger partial charge in [-0.25, -0.2) is 4.39 Å². The number of benzene rings is 1. The van der Waals surface area contributed by atoms with Gasteiger partial charge in [-0.2, -0.15) is 5.26 Å². The minimum atomic E-state index is -0.233. The predicted molar refractivity (Wildman–Crippen MR) is 62.7 cm³/mol. The van der Waals surface area contributed by atoms with Crippen LogP contribution in [0.1, 0.15) is 6.42 Å². The molecule has 0 saturated carbocycles. The fourth-order valence-electron chi connectivity index (χ4n) is 1.48. The molecule has 4 heteroatoms. The summed E-state index contributed by atoms with van der Waals surface area (Å²) in [4.78, 5) is 1.82. The van der Waals surface area contributed by atoms with Gasteiger partial charge in [-0.1, -0.05) is 12.1 Å². The van der Waals surface area contributed by atoms with Crippen molar-refractivity contribution >= 4 is 5.69 Å². The number of hydrogen-bond acceptors (Lipinski definition) is 3. The second kappa shape index (κ2) is 6.09. The first-order valence-corrected chi connectivity index (χ1v) is 5.21. The summed E-state index contributed by atoms with van der Waals surface area (Å²) in [5, 5.41) is 11.7. The van der Waals surface area contributed by atoms with Crippen molar-refractivity contribution in [2.45, 2.75) is 12.5 Å². The first kappa shape index (κ1) is 12.5. The molecule has 86 valence electrons. The van der Waals surface area contributed by atoms with Crippen LogP contribution in [0.4, 0.5) is 10.1 Å². The summed E-state index contributed by atoms with van der Waals surface area (Å²) >= 11 is 0. The molecule has 1 aromatic carbocycles. The molecule has 0 radical (unpaired) electrons. The number of rotatable bonds is 5. The SMILES string of the molecule is CNC(C#N)CCN(C)c1ccccc1F. The lowest BCUT2D eigenvalue weighted by atomic mass is 10.2. The maximum atomic E-state index is 13.4. The standard InChI is InChI=1S/C12H16FN3/c1-15-10(9-14)7-8-16(2)12-6-4-3-5-11(12)13/h3-6,10,15H,7-8H2,1-2H3. The van der Waals surface area contributed by atoms with Gasteiger partial charge in [0.25, 0.3) is 0 Å². The summed E-state index contributed by atoms with van der Waals surface area (Å²) in [5.74, 6) is -0.233. The fraction of sp³-hybridized carbons (Fsp3) is 0.417. The number of nitrogens with zero attached hydrogens (tertiary/aromatic N) is 2. The van der Waals surface area contributed by atoms with Crippen molar-refractivity contribution in [3.63, 3.8) is 0 Å². The smallest absolute Gasteiger partial charge is 0.146 e. The Morgan fingerprint density at radius 1 is 1.50 bits per heavy atom. The van der Waals surface area contributed by atoms with Crippen LogP contribution in [-0.4, -0.2) is 26.7 Å². The van der Waals surface area contributed by atoms with E-state index < -0.39 is 0 Å². The van der Waals surface area contributed by atoms with Crippen LogP contribution in [0, 0.1) is 17.1 Å². The molecule has 3 nitrogen and oxygen atoms in total. The molecule has 0 saturated heterocycles. The van der Waals surface area contributed by atoms with Crippen LogP contribution in [0.15, 0.2) is 24.3 Å². The molecule has 0 amide bonds. The monoisotopic (exact) mass is 221 g/mol. The van der Waals surface area contributed by atoms with E-state index in [1.165, 1.54) is 6.07 Å². The van der Waals surface area contributed by atoms with Crippen LogP contribution in [0.5, 0.6) is 0 Å². The number of nitriles is 1. The third-order valence-corrected chi connectivity index (χ3v) is 2.52. The van der Waals surface area contributed by atoms with Crippen molar-refractivity contribution in [1.82, 2.24) is 5.32 Å². The van der Waals surface area contributed by atoms with Crippen LogP contribution < -0.4 is 10.2 Å². The zero-order valence-electron chi connectivity index (χ0n) is 9.57. The normalized spacial score (nSPS) is 11.9. The third kappa shape index (κ3) is 3.21. The van der Waals surface area contributed by atoms with Gasteiger partial charge in [-0.3, -0.25) is 0 Å². The van der Waals surface area contributed by atoms with Crippen molar-refractivity contribution in [3.8, 4) is 6.07 Å². The Labute approximate surface area is 95.5 Å². The van der Waals surface area contributed by atoms with Gasteiger partial charge >= 0.3 is 0 Å². The summed E-state index contributed by atoms with van der Waals surface area (Å²) in [5.41, 5.74) is 0.565. The second-order valence-electron chi connectivity index (χ2n) is 3.63. The van der Waals surface area contributed by atoms with Crippen LogP contribution in [0.3, 0.4) is 0 Å². The molecule has 1 unspecified atom stereocenters. The van der Waals surface area contributed by atoms with E-state index in [-0.39, 0.29) is 11.9 Å². The van der Waals surface area contributed by atoms with E-state index in [0.29, 0.717) is 18.7 Å². The molecule has 1 aromatic rings. The molecule has 0 aliphatic carbocycles. The average molecular weight is 221 g/mol. The van der Waals surface area contributed by atoms with E-state index in [9.17, 15) is 4.39 Å². The number of halogens is 1. The lowest BCUT2D eigenvalue weighted by Gasteiger charge is -2.20. The van der Waals surface area contributed by atoms with Crippen molar-refractivity contribution in [1.29, 1.82) is 5.26 Å². The summed E-state index contributed by atoms with van der Waals surface area (Å²) in [7, 11) is 3.57. The van der Waals surface area contributed by atoms with Gasteiger partial charge in [0.2, 0.25) is 0 Å². The van der Waals surface area contributed by atoms with E-state index in [1.807, 2.05) is 11.9 Å². The number of hydrogen-bond donors (Lipinski definition) is 1. The quantitative estimate of drug-likeness (QED) is 0.823. The number of nitrogens with one attached hydrogen (secondary N) is 1. The van der Waals surface area contributed by atoms with Crippen molar-refractivity contribution in [2.75, 3.05) is 25.5 Å². The average Bonchev–Trinajstić information content (AvgIpc) is 2.30. The van der Waals surface area contributed by atoms with Gasteiger partial charge in [0.15, 0.2) is 0 Å². The van der Waals surface area contributed by atoms with Crippen LogP contribution in [0.2, 0.25) is 0 Å².